The fourth-order valence-electron chi connectivity index (χ4n) is 1.81. The minimum atomic E-state index is -0.956. The van der Waals surface area contributed by atoms with Gasteiger partial charge in [-0.15, -0.1) is 0 Å². The first-order valence-corrected chi connectivity index (χ1v) is 6.94. The molecule has 0 fully saturated rings. The third-order valence-electron chi connectivity index (χ3n) is 2.79. The zero-order valence-corrected chi connectivity index (χ0v) is 11.5. The molecular formula is C14H14N2O3S. The maximum Gasteiger partial charge on any atom is 0.305 e. The minimum absolute atomic E-state index is 0.0816. The first-order chi connectivity index (χ1) is 9.59. The number of anilines is 2. The zero-order valence-electron chi connectivity index (χ0n) is 10.7. The Bertz CT molecular complexity index is 611. The van der Waals surface area contributed by atoms with Gasteiger partial charge in [-0.3, -0.25) is 9.59 Å². The van der Waals surface area contributed by atoms with Gasteiger partial charge in [0.2, 0.25) is 0 Å². The average Bonchev–Trinajstić information content (AvgIpc) is 2.94. The Morgan fingerprint density at radius 1 is 1.25 bits per heavy atom. The number of nitrogens with two attached hydrogens (primary N) is 1. The molecule has 1 amide bonds. The van der Waals surface area contributed by atoms with Crippen LogP contribution in [0, 0.1) is 0 Å². The lowest BCUT2D eigenvalue weighted by Crippen LogP contribution is -2.33. The third kappa shape index (κ3) is 3.16. The number of aliphatic carboxylic acids is 1. The van der Waals surface area contributed by atoms with Crippen molar-refractivity contribution in [3.8, 4) is 0 Å². The molecule has 104 valence electrons. The predicted octanol–water partition coefficient (Wildman–Crippen LogP) is 2.45. The molecular weight excluding hydrogens is 276 g/mol. The van der Waals surface area contributed by atoms with Crippen molar-refractivity contribution in [1.29, 1.82) is 0 Å². The van der Waals surface area contributed by atoms with Crippen molar-refractivity contribution in [2.24, 2.45) is 0 Å². The van der Waals surface area contributed by atoms with Crippen LogP contribution in [0.25, 0.3) is 0 Å². The summed E-state index contributed by atoms with van der Waals surface area (Å²) >= 11 is 1.41. The number of amides is 1. The van der Waals surface area contributed by atoms with E-state index in [0.29, 0.717) is 16.9 Å². The highest BCUT2D eigenvalue weighted by atomic mass is 32.1. The smallest absolute Gasteiger partial charge is 0.305 e. The minimum Gasteiger partial charge on any atom is -0.481 e. The van der Waals surface area contributed by atoms with Crippen LogP contribution in [0.15, 0.2) is 41.1 Å². The molecule has 1 heterocycles. The van der Waals surface area contributed by atoms with Gasteiger partial charge in [0.15, 0.2) is 0 Å². The molecule has 2 aromatic rings. The number of hydrogen-bond acceptors (Lipinski definition) is 4. The number of benzene rings is 1. The van der Waals surface area contributed by atoms with Crippen LogP contribution in [0.1, 0.15) is 16.8 Å². The number of carboxylic acid groups (broad SMARTS) is 1. The molecule has 20 heavy (non-hydrogen) atoms. The normalized spacial score (nSPS) is 10.2. The largest absolute Gasteiger partial charge is 0.481 e. The lowest BCUT2D eigenvalue weighted by Gasteiger charge is -2.23. The molecule has 0 saturated carbocycles. The number of carbonyl (C=O) groups excluding carboxylic acids is 1. The number of carboxylic acids is 1. The summed E-state index contributed by atoms with van der Waals surface area (Å²) in [7, 11) is 0. The molecule has 0 aliphatic carbocycles. The lowest BCUT2D eigenvalue weighted by molar-refractivity contribution is -0.136. The van der Waals surface area contributed by atoms with Gasteiger partial charge in [-0.25, -0.2) is 0 Å². The summed E-state index contributed by atoms with van der Waals surface area (Å²) in [6.07, 6.45) is -0.135. The fourth-order valence-corrected chi connectivity index (χ4v) is 2.44. The van der Waals surface area contributed by atoms with E-state index in [9.17, 15) is 9.59 Å². The average molecular weight is 290 g/mol. The molecule has 0 aliphatic rings. The van der Waals surface area contributed by atoms with E-state index in [1.807, 2.05) is 0 Å². The van der Waals surface area contributed by atoms with Gasteiger partial charge in [-0.2, -0.15) is 11.3 Å². The molecule has 0 atom stereocenters. The molecule has 5 nitrogen and oxygen atoms in total. The van der Waals surface area contributed by atoms with Crippen molar-refractivity contribution in [1.82, 2.24) is 0 Å². The number of nitrogen functional groups attached to an aromatic ring is 1. The van der Waals surface area contributed by atoms with Gasteiger partial charge in [0.25, 0.3) is 5.91 Å². The summed E-state index contributed by atoms with van der Waals surface area (Å²) in [6.45, 7) is 0.0816. The van der Waals surface area contributed by atoms with Gasteiger partial charge in [0, 0.05) is 11.9 Å². The second-order valence-electron chi connectivity index (χ2n) is 4.17. The Kier molecular flexibility index (Phi) is 4.37. The van der Waals surface area contributed by atoms with E-state index < -0.39 is 5.97 Å². The first kappa shape index (κ1) is 14.1. The Morgan fingerprint density at radius 2 is 2.00 bits per heavy atom. The van der Waals surface area contributed by atoms with Gasteiger partial charge >= 0.3 is 5.97 Å². The lowest BCUT2D eigenvalue weighted by atomic mass is 10.2. The molecule has 0 saturated heterocycles. The van der Waals surface area contributed by atoms with Crippen LogP contribution in [0.5, 0.6) is 0 Å². The topological polar surface area (TPSA) is 83.6 Å². The summed E-state index contributed by atoms with van der Waals surface area (Å²) in [6, 6.07) is 8.63. The van der Waals surface area contributed by atoms with E-state index in [1.165, 1.54) is 16.2 Å². The molecule has 2 rings (SSSR count). The second kappa shape index (κ2) is 6.21. The molecule has 6 heteroatoms. The number of hydrogen-bond donors (Lipinski definition) is 2. The highest BCUT2D eigenvalue weighted by Crippen LogP contribution is 2.25. The van der Waals surface area contributed by atoms with Crippen LogP contribution in [0.3, 0.4) is 0 Å². The van der Waals surface area contributed by atoms with Gasteiger partial charge in [0.1, 0.15) is 0 Å². The van der Waals surface area contributed by atoms with Crippen molar-refractivity contribution in [3.63, 3.8) is 0 Å². The Labute approximate surface area is 120 Å². The molecule has 1 aromatic heterocycles. The number of para-hydroxylation sites is 2. The third-order valence-corrected chi connectivity index (χ3v) is 3.47. The Hall–Kier alpha value is -2.34. The maximum atomic E-state index is 12.5. The van der Waals surface area contributed by atoms with Gasteiger partial charge in [-0.05, 0) is 23.6 Å². The number of thiophene rings is 1. The Morgan fingerprint density at radius 3 is 2.60 bits per heavy atom. The molecule has 0 bridgehead atoms. The first-order valence-electron chi connectivity index (χ1n) is 6.00. The monoisotopic (exact) mass is 290 g/mol. The van der Waals surface area contributed by atoms with Crippen molar-refractivity contribution in [2.75, 3.05) is 17.2 Å². The van der Waals surface area contributed by atoms with E-state index in [1.54, 1.807) is 41.1 Å². The number of nitrogens with zero attached hydrogens (tertiary/aromatic N) is 1. The van der Waals surface area contributed by atoms with Crippen LogP contribution >= 0.6 is 11.3 Å². The number of carbonyl (C=O) groups is 2. The SMILES string of the molecule is Nc1ccccc1N(CCC(=O)O)C(=O)c1ccsc1. The van der Waals surface area contributed by atoms with Gasteiger partial charge < -0.3 is 15.7 Å². The van der Waals surface area contributed by atoms with Crippen molar-refractivity contribution in [3.05, 3.63) is 46.7 Å². The van der Waals surface area contributed by atoms with Crippen LogP contribution in [-0.4, -0.2) is 23.5 Å². The molecule has 0 unspecified atom stereocenters. The molecule has 0 radical (unpaired) electrons. The summed E-state index contributed by atoms with van der Waals surface area (Å²) in [4.78, 5) is 24.6. The van der Waals surface area contributed by atoms with Crippen LogP contribution in [0.4, 0.5) is 11.4 Å². The summed E-state index contributed by atoms with van der Waals surface area (Å²) in [5.74, 6) is -1.20. The molecule has 0 spiro atoms. The van der Waals surface area contributed by atoms with E-state index >= 15 is 0 Å². The van der Waals surface area contributed by atoms with E-state index in [2.05, 4.69) is 0 Å². The van der Waals surface area contributed by atoms with Crippen molar-refractivity contribution in [2.45, 2.75) is 6.42 Å². The highest BCUT2D eigenvalue weighted by molar-refractivity contribution is 7.08. The quantitative estimate of drug-likeness (QED) is 0.828. The second-order valence-corrected chi connectivity index (χ2v) is 4.95. The van der Waals surface area contributed by atoms with Crippen LogP contribution in [0.2, 0.25) is 0 Å². The Balaban J connectivity index is 2.32. The summed E-state index contributed by atoms with van der Waals surface area (Å²) < 4.78 is 0. The number of rotatable bonds is 5. The zero-order chi connectivity index (χ0) is 14.5. The van der Waals surface area contributed by atoms with E-state index in [0.717, 1.165) is 0 Å². The molecule has 1 aromatic carbocycles. The van der Waals surface area contributed by atoms with Gasteiger partial charge in [0.05, 0.1) is 23.4 Å². The molecule has 3 N–H and O–H groups in total. The van der Waals surface area contributed by atoms with Gasteiger partial charge in [-0.1, -0.05) is 12.1 Å². The van der Waals surface area contributed by atoms with E-state index in [-0.39, 0.29) is 18.9 Å². The fraction of sp³-hybridized carbons (Fsp3) is 0.143. The van der Waals surface area contributed by atoms with E-state index in [4.69, 9.17) is 10.8 Å². The standard InChI is InChI=1S/C14H14N2O3S/c15-11-3-1-2-4-12(11)16(7-5-13(17)18)14(19)10-6-8-20-9-10/h1-4,6,8-9H,5,7,15H2,(H,17,18). The van der Waals surface area contributed by atoms with Crippen LogP contribution in [-0.2, 0) is 4.79 Å². The molecule has 0 aliphatic heterocycles. The highest BCUT2D eigenvalue weighted by Gasteiger charge is 2.20. The van der Waals surface area contributed by atoms with Crippen LogP contribution < -0.4 is 10.6 Å². The summed E-state index contributed by atoms with van der Waals surface area (Å²) in [5.41, 5.74) is 7.39. The maximum absolute atomic E-state index is 12.5. The van der Waals surface area contributed by atoms with Crippen molar-refractivity contribution < 1.29 is 14.7 Å². The predicted molar refractivity (Wildman–Crippen MR) is 79.1 cm³/mol. The van der Waals surface area contributed by atoms with Crippen molar-refractivity contribution >= 4 is 34.6 Å². The summed E-state index contributed by atoms with van der Waals surface area (Å²) in [5, 5.41) is 12.4.